The van der Waals surface area contributed by atoms with Gasteiger partial charge in [-0.15, -0.1) is 0 Å². The number of esters is 1. The lowest BCUT2D eigenvalue weighted by Crippen LogP contribution is -2.22. The van der Waals surface area contributed by atoms with Gasteiger partial charge in [-0.3, -0.25) is 4.79 Å². The number of rotatable bonds is 7. The summed E-state index contributed by atoms with van der Waals surface area (Å²) < 4.78 is 82.2. The van der Waals surface area contributed by atoms with E-state index in [1.807, 2.05) is 6.92 Å². The molecule has 194 valence electrons. The molecule has 3 aromatic carbocycles. The highest BCUT2D eigenvalue weighted by molar-refractivity contribution is 5.78. The van der Waals surface area contributed by atoms with E-state index in [2.05, 4.69) is 0 Å². The first kappa shape index (κ1) is 26.4. The van der Waals surface area contributed by atoms with Crippen LogP contribution in [0.15, 0.2) is 48.5 Å². The number of carbonyl (C=O) groups excluding carboxylic acids is 1. The second kappa shape index (κ2) is 11.2. The molecule has 37 heavy (non-hydrogen) atoms. The quantitative estimate of drug-likeness (QED) is 0.182. The highest BCUT2D eigenvalue weighted by Gasteiger charge is 2.26. The molecule has 3 aromatic rings. The SMILES string of the molecule is CCCOc1ccc(-c2ccc(OC(=O)C3CC=C(c4ccc(C)c(F)c4F)CC3)c(F)c2)c(F)c1F. The highest BCUT2D eigenvalue weighted by atomic mass is 19.2. The van der Waals surface area contributed by atoms with E-state index in [0.717, 1.165) is 6.07 Å². The van der Waals surface area contributed by atoms with E-state index in [1.165, 1.54) is 43.3 Å². The van der Waals surface area contributed by atoms with Gasteiger partial charge in [0.2, 0.25) is 5.82 Å². The molecule has 0 bridgehead atoms. The molecule has 1 unspecified atom stereocenters. The Morgan fingerprint density at radius 2 is 1.59 bits per heavy atom. The number of halogens is 5. The number of aryl methyl sites for hydroxylation is 1. The Morgan fingerprint density at radius 3 is 2.27 bits per heavy atom. The Bertz CT molecular complexity index is 1370. The van der Waals surface area contributed by atoms with Crippen LogP contribution in [0.1, 0.15) is 43.7 Å². The first-order chi connectivity index (χ1) is 17.7. The normalized spacial score (nSPS) is 15.3. The average Bonchev–Trinajstić information content (AvgIpc) is 2.89. The maximum absolute atomic E-state index is 14.7. The lowest BCUT2D eigenvalue weighted by Gasteiger charge is -2.21. The van der Waals surface area contributed by atoms with Crippen LogP contribution in [-0.4, -0.2) is 12.6 Å². The largest absolute Gasteiger partial charge is 0.490 e. The number of carbonyl (C=O) groups is 1. The molecule has 0 fully saturated rings. The molecule has 0 amide bonds. The molecule has 8 heteroatoms. The molecule has 1 aliphatic rings. The van der Waals surface area contributed by atoms with Crippen LogP contribution in [-0.2, 0) is 4.79 Å². The van der Waals surface area contributed by atoms with Crippen molar-refractivity contribution in [3.05, 3.63) is 88.8 Å². The van der Waals surface area contributed by atoms with Gasteiger partial charge in [0.05, 0.1) is 12.5 Å². The Hall–Kier alpha value is -3.68. The van der Waals surface area contributed by atoms with Crippen molar-refractivity contribution >= 4 is 11.5 Å². The zero-order valence-corrected chi connectivity index (χ0v) is 20.3. The standard InChI is InChI=1S/C29H25F5O3/c1-3-14-36-24-13-11-21(27(33)28(24)34)19-9-12-23(22(30)15-19)37-29(35)18-7-5-17(6-8-18)20-10-4-16(2)25(31)26(20)32/h4-5,9-13,15,18H,3,6-8,14H2,1-2H3. The van der Waals surface area contributed by atoms with E-state index in [4.69, 9.17) is 9.47 Å². The predicted octanol–water partition coefficient (Wildman–Crippen LogP) is 7.94. The van der Waals surface area contributed by atoms with Gasteiger partial charge in [0.25, 0.3) is 0 Å². The van der Waals surface area contributed by atoms with Gasteiger partial charge in [-0.1, -0.05) is 31.2 Å². The van der Waals surface area contributed by atoms with Crippen LogP contribution in [0.2, 0.25) is 0 Å². The monoisotopic (exact) mass is 516 g/mol. The van der Waals surface area contributed by atoms with E-state index < -0.39 is 41.0 Å². The first-order valence-electron chi connectivity index (χ1n) is 12.0. The van der Waals surface area contributed by atoms with Crippen molar-refractivity contribution in [3.8, 4) is 22.6 Å². The van der Waals surface area contributed by atoms with Crippen LogP contribution in [0.4, 0.5) is 22.0 Å². The lowest BCUT2D eigenvalue weighted by atomic mass is 9.86. The highest BCUT2D eigenvalue weighted by Crippen LogP contribution is 2.35. The van der Waals surface area contributed by atoms with E-state index in [0.29, 0.717) is 24.8 Å². The van der Waals surface area contributed by atoms with Crippen LogP contribution in [0.5, 0.6) is 11.5 Å². The third kappa shape index (κ3) is 5.53. The maximum atomic E-state index is 14.7. The number of hydrogen-bond acceptors (Lipinski definition) is 3. The first-order valence-corrected chi connectivity index (χ1v) is 12.0. The minimum absolute atomic E-state index is 0.0633. The van der Waals surface area contributed by atoms with Crippen LogP contribution in [0.3, 0.4) is 0 Å². The maximum Gasteiger partial charge on any atom is 0.314 e. The summed E-state index contributed by atoms with van der Waals surface area (Å²) in [5.74, 6) is -6.92. The summed E-state index contributed by atoms with van der Waals surface area (Å²) in [6.07, 6.45) is 3.14. The second-order valence-corrected chi connectivity index (χ2v) is 8.91. The van der Waals surface area contributed by atoms with Gasteiger partial charge in [-0.05, 0) is 73.6 Å². The molecule has 0 saturated carbocycles. The molecule has 4 rings (SSSR count). The fourth-order valence-corrected chi connectivity index (χ4v) is 4.21. The predicted molar refractivity (Wildman–Crippen MR) is 130 cm³/mol. The van der Waals surface area contributed by atoms with Crippen molar-refractivity contribution in [2.75, 3.05) is 6.61 Å². The summed E-state index contributed by atoms with van der Waals surface area (Å²) in [5, 5.41) is 0. The van der Waals surface area contributed by atoms with E-state index in [9.17, 15) is 26.7 Å². The number of allylic oxidation sites excluding steroid dienone is 2. The Labute approximate surface area is 211 Å². The van der Waals surface area contributed by atoms with Crippen molar-refractivity contribution < 1.29 is 36.2 Å². The van der Waals surface area contributed by atoms with Gasteiger partial charge in [0, 0.05) is 11.1 Å². The zero-order valence-electron chi connectivity index (χ0n) is 20.3. The number of benzene rings is 3. The third-order valence-corrected chi connectivity index (χ3v) is 6.33. The summed E-state index contributed by atoms with van der Waals surface area (Å²) >= 11 is 0. The minimum atomic E-state index is -1.17. The average molecular weight is 517 g/mol. The van der Waals surface area contributed by atoms with Gasteiger partial charge in [-0.25, -0.2) is 17.6 Å². The van der Waals surface area contributed by atoms with E-state index in [-0.39, 0.29) is 46.8 Å². The molecule has 0 N–H and O–H groups in total. The topological polar surface area (TPSA) is 35.5 Å². The molecule has 1 atom stereocenters. The van der Waals surface area contributed by atoms with Crippen molar-refractivity contribution in [1.82, 2.24) is 0 Å². The minimum Gasteiger partial charge on any atom is -0.490 e. The molecular formula is C29H25F5O3. The summed E-state index contributed by atoms with van der Waals surface area (Å²) in [7, 11) is 0. The Morgan fingerprint density at radius 1 is 0.892 bits per heavy atom. The van der Waals surface area contributed by atoms with Crippen LogP contribution >= 0.6 is 0 Å². The Kier molecular flexibility index (Phi) is 7.95. The second-order valence-electron chi connectivity index (χ2n) is 8.91. The van der Waals surface area contributed by atoms with Gasteiger partial charge in [0.1, 0.15) is 0 Å². The smallest absolute Gasteiger partial charge is 0.314 e. The molecule has 0 radical (unpaired) electrons. The molecular weight excluding hydrogens is 491 g/mol. The van der Waals surface area contributed by atoms with Crippen LogP contribution < -0.4 is 9.47 Å². The van der Waals surface area contributed by atoms with Crippen LogP contribution in [0, 0.1) is 41.9 Å². The van der Waals surface area contributed by atoms with Crippen molar-refractivity contribution in [2.45, 2.75) is 39.5 Å². The molecule has 0 heterocycles. The van der Waals surface area contributed by atoms with Gasteiger partial charge < -0.3 is 9.47 Å². The van der Waals surface area contributed by atoms with E-state index in [1.54, 1.807) is 6.08 Å². The summed E-state index contributed by atoms with van der Waals surface area (Å²) in [6.45, 7) is 3.53. The van der Waals surface area contributed by atoms with Crippen molar-refractivity contribution in [2.24, 2.45) is 5.92 Å². The molecule has 3 nitrogen and oxygen atoms in total. The summed E-state index contributed by atoms with van der Waals surface area (Å²) in [6, 6.07) is 9.03. The van der Waals surface area contributed by atoms with Crippen LogP contribution in [0.25, 0.3) is 16.7 Å². The van der Waals surface area contributed by atoms with Crippen molar-refractivity contribution in [3.63, 3.8) is 0 Å². The third-order valence-electron chi connectivity index (χ3n) is 6.33. The summed E-state index contributed by atoms with van der Waals surface area (Å²) in [5.41, 5.74) is 0.857. The molecule has 0 spiro atoms. The fraction of sp³-hybridized carbons (Fsp3) is 0.276. The zero-order chi connectivity index (χ0) is 26.7. The molecule has 0 aromatic heterocycles. The van der Waals surface area contributed by atoms with Gasteiger partial charge in [0.15, 0.2) is 34.8 Å². The number of hydrogen-bond donors (Lipinski definition) is 0. The molecule has 1 aliphatic carbocycles. The van der Waals surface area contributed by atoms with Gasteiger partial charge in [-0.2, -0.15) is 4.39 Å². The number of ether oxygens (including phenoxy) is 2. The Balaban J connectivity index is 1.45. The van der Waals surface area contributed by atoms with E-state index >= 15 is 0 Å². The lowest BCUT2D eigenvalue weighted by molar-refractivity contribution is -0.139. The fourth-order valence-electron chi connectivity index (χ4n) is 4.21. The molecule has 0 saturated heterocycles. The summed E-state index contributed by atoms with van der Waals surface area (Å²) in [4.78, 5) is 12.6. The molecule has 0 aliphatic heterocycles. The van der Waals surface area contributed by atoms with Gasteiger partial charge >= 0.3 is 5.97 Å². The van der Waals surface area contributed by atoms with Crippen molar-refractivity contribution in [1.29, 1.82) is 0 Å².